The predicted molar refractivity (Wildman–Crippen MR) is 123 cm³/mol. The third kappa shape index (κ3) is 3.42. The number of carbonyl (C=O) groups is 1. The maximum absolute atomic E-state index is 13.4. The largest absolute Gasteiger partial charge is 0.322 e. The Bertz CT molecular complexity index is 1550. The monoisotopic (exact) mass is 427 g/mol. The number of carbonyl (C=O) groups excluding carboxylic acids is 1. The first-order valence-electron chi connectivity index (χ1n) is 9.64. The van der Waals surface area contributed by atoms with Gasteiger partial charge in [0.25, 0.3) is 16.0 Å². The lowest BCUT2D eigenvalue weighted by molar-refractivity contribution is 0.102. The van der Waals surface area contributed by atoms with Crippen LogP contribution >= 0.6 is 0 Å². The molecule has 1 amide bonds. The van der Waals surface area contributed by atoms with Crippen molar-refractivity contribution in [3.05, 3.63) is 96.6 Å². The molecule has 0 saturated heterocycles. The van der Waals surface area contributed by atoms with Crippen LogP contribution < -0.4 is 5.32 Å². The summed E-state index contributed by atoms with van der Waals surface area (Å²) < 4.78 is 33.6. The first-order chi connectivity index (χ1) is 14.9. The Labute approximate surface area is 178 Å². The number of rotatable bonds is 3. The van der Waals surface area contributed by atoms with Gasteiger partial charge in [0.2, 0.25) is 0 Å². The minimum Gasteiger partial charge on any atom is -0.322 e. The summed E-state index contributed by atoms with van der Waals surface area (Å²) in [6, 6.07) is 27.1. The van der Waals surface area contributed by atoms with E-state index in [4.69, 9.17) is 0 Å². The third-order valence-corrected chi connectivity index (χ3v) is 6.25. The van der Waals surface area contributed by atoms with Gasteiger partial charge in [-0.25, -0.2) is 0 Å². The summed E-state index contributed by atoms with van der Waals surface area (Å²) in [6.07, 6.45) is 0. The molecular weight excluding hydrogens is 410 g/mol. The number of hydrogen-bond donors (Lipinski definition) is 2. The van der Waals surface area contributed by atoms with Crippen molar-refractivity contribution in [2.24, 2.45) is 0 Å². The molecule has 0 aliphatic rings. The van der Waals surface area contributed by atoms with Crippen LogP contribution in [0.5, 0.6) is 0 Å². The minimum atomic E-state index is -4.47. The Morgan fingerprint density at radius 1 is 0.677 bits per heavy atom. The van der Waals surface area contributed by atoms with Crippen molar-refractivity contribution in [2.45, 2.75) is 4.90 Å². The van der Waals surface area contributed by atoms with E-state index in [1.165, 1.54) is 6.07 Å². The zero-order valence-corrected chi connectivity index (χ0v) is 17.1. The molecule has 0 atom stereocenters. The second-order valence-corrected chi connectivity index (χ2v) is 8.71. The fourth-order valence-corrected chi connectivity index (χ4v) is 4.75. The zero-order chi connectivity index (χ0) is 21.6. The first-order valence-corrected chi connectivity index (χ1v) is 11.1. The molecule has 0 aliphatic heterocycles. The van der Waals surface area contributed by atoms with E-state index >= 15 is 0 Å². The molecule has 2 N–H and O–H groups in total. The van der Waals surface area contributed by atoms with Crippen molar-refractivity contribution >= 4 is 54.0 Å². The van der Waals surface area contributed by atoms with Gasteiger partial charge in [0.05, 0.1) is 5.56 Å². The lowest BCUT2D eigenvalue weighted by Crippen LogP contribution is -2.14. The van der Waals surface area contributed by atoms with Crippen LogP contribution in [0.1, 0.15) is 10.4 Å². The van der Waals surface area contributed by atoms with Gasteiger partial charge in [-0.05, 0) is 45.1 Å². The lowest BCUT2D eigenvalue weighted by atomic mass is 9.96. The molecule has 0 unspecified atom stereocenters. The van der Waals surface area contributed by atoms with E-state index < -0.39 is 10.1 Å². The molecule has 0 radical (unpaired) electrons. The van der Waals surface area contributed by atoms with Gasteiger partial charge < -0.3 is 5.32 Å². The van der Waals surface area contributed by atoms with Crippen LogP contribution in [-0.2, 0) is 10.1 Å². The molecule has 6 heteroatoms. The molecule has 0 bridgehead atoms. The van der Waals surface area contributed by atoms with Gasteiger partial charge in [0.1, 0.15) is 4.90 Å². The van der Waals surface area contributed by atoms with Gasteiger partial charge in [-0.15, -0.1) is 0 Å². The highest BCUT2D eigenvalue weighted by molar-refractivity contribution is 7.86. The van der Waals surface area contributed by atoms with Crippen molar-refractivity contribution in [1.29, 1.82) is 0 Å². The van der Waals surface area contributed by atoms with E-state index in [2.05, 4.69) is 5.32 Å². The maximum Gasteiger partial charge on any atom is 0.295 e. The van der Waals surface area contributed by atoms with Gasteiger partial charge in [0, 0.05) is 11.1 Å². The predicted octanol–water partition coefficient (Wildman–Crippen LogP) is 5.65. The van der Waals surface area contributed by atoms with Crippen LogP contribution in [0.2, 0.25) is 0 Å². The summed E-state index contributed by atoms with van der Waals surface area (Å²) in [5.41, 5.74) is 0.795. The molecule has 0 heterocycles. The average molecular weight is 427 g/mol. The summed E-state index contributed by atoms with van der Waals surface area (Å²) in [7, 11) is -4.47. The zero-order valence-electron chi connectivity index (χ0n) is 16.2. The highest BCUT2D eigenvalue weighted by atomic mass is 32.2. The summed E-state index contributed by atoms with van der Waals surface area (Å²) >= 11 is 0. The minimum absolute atomic E-state index is 0.247. The molecule has 0 aromatic heterocycles. The highest BCUT2D eigenvalue weighted by Crippen LogP contribution is 2.31. The molecule has 0 spiro atoms. The van der Waals surface area contributed by atoms with E-state index in [0.717, 1.165) is 21.5 Å². The van der Waals surface area contributed by atoms with E-state index in [-0.39, 0.29) is 16.5 Å². The van der Waals surface area contributed by atoms with Crippen molar-refractivity contribution in [1.82, 2.24) is 0 Å². The number of nitrogens with one attached hydrogen (secondary N) is 1. The van der Waals surface area contributed by atoms with E-state index in [1.54, 1.807) is 30.3 Å². The second kappa shape index (κ2) is 7.19. The van der Waals surface area contributed by atoms with Gasteiger partial charge in [-0.1, -0.05) is 72.8 Å². The van der Waals surface area contributed by atoms with Crippen molar-refractivity contribution in [3.8, 4) is 0 Å². The van der Waals surface area contributed by atoms with Crippen molar-refractivity contribution in [2.75, 3.05) is 5.32 Å². The van der Waals surface area contributed by atoms with Crippen molar-refractivity contribution in [3.63, 3.8) is 0 Å². The fourth-order valence-electron chi connectivity index (χ4n) is 4.01. The highest BCUT2D eigenvalue weighted by Gasteiger charge is 2.19. The Kier molecular flexibility index (Phi) is 4.46. The van der Waals surface area contributed by atoms with Crippen LogP contribution in [0.15, 0.2) is 95.9 Å². The van der Waals surface area contributed by atoms with Crippen LogP contribution in [0.3, 0.4) is 0 Å². The molecule has 0 saturated carbocycles. The molecule has 5 aromatic carbocycles. The molecule has 5 rings (SSSR count). The van der Waals surface area contributed by atoms with Crippen LogP contribution in [0.4, 0.5) is 5.69 Å². The molecule has 5 aromatic rings. The quantitative estimate of drug-likeness (QED) is 0.288. The molecule has 5 nitrogen and oxygen atoms in total. The van der Waals surface area contributed by atoms with Gasteiger partial charge in [-0.3, -0.25) is 9.35 Å². The Balaban J connectivity index is 1.69. The number of hydrogen-bond acceptors (Lipinski definition) is 3. The number of fused-ring (bicyclic) bond motifs is 3. The Morgan fingerprint density at radius 2 is 1.16 bits per heavy atom. The van der Waals surface area contributed by atoms with Gasteiger partial charge in [0.15, 0.2) is 0 Å². The maximum atomic E-state index is 13.4. The second-order valence-electron chi connectivity index (χ2n) is 7.32. The summed E-state index contributed by atoms with van der Waals surface area (Å²) in [6.45, 7) is 0. The van der Waals surface area contributed by atoms with Gasteiger partial charge in [-0.2, -0.15) is 8.42 Å². The van der Waals surface area contributed by atoms with E-state index in [0.29, 0.717) is 16.3 Å². The van der Waals surface area contributed by atoms with E-state index in [1.807, 2.05) is 54.6 Å². The van der Waals surface area contributed by atoms with Gasteiger partial charge >= 0.3 is 0 Å². The number of amides is 1. The molecule has 152 valence electrons. The standard InChI is InChI=1S/C25H17NO4S/c27-25(24-21-11-5-2-7-16(21)13-17-8-3-6-12-22(17)24)26-19-14-18-9-1-4-10-20(18)23(15-19)31(28,29)30/h1-15H,(H,26,27)(H,28,29,30). The number of anilines is 1. The van der Waals surface area contributed by atoms with E-state index in [9.17, 15) is 17.8 Å². The van der Waals surface area contributed by atoms with Crippen LogP contribution in [0, 0.1) is 0 Å². The summed E-state index contributed by atoms with van der Waals surface area (Å²) in [4.78, 5) is 13.2. The Morgan fingerprint density at radius 3 is 1.71 bits per heavy atom. The SMILES string of the molecule is O=C(Nc1cc(S(=O)(=O)O)c2ccccc2c1)c1c2ccccc2cc2ccccc12. The summed E-state index contributed by atoms with van der Waals surface area (Å²) in [5.74, 6) is -0.357. The van der Waals surface area contributed by atoms with Crippen molar-refractivity contribution < 1.29 is 17.8 Å². The Hall–Kier alpha value is -3.74. The topological polar surface area (TPSA) is 83.5 Å². The van der Waals surface area contributed by atoms with Crippen LogP contribution in [0.25, 0.3) is 32.3 Å². The lowest BCUT2D eigenvalue weighted by Gasteiger charge is -2.13. The third-order valence-electron chi connectivity index (χ3n) is 5.36. The fraction of sp³-hybridized carbons (Fsp3) is 0. The smallest absolute Gasteiger partial charge is 0.295 e. The molecular formula is C25H17NO4S. The number of benzene rings is 5. The van der Waals surface area contributed by atoms with Crippen LogP contribution in [-0.4, -0.2) is 18.9 Å². The molecule has 0 aliphatic carbocycles. The molecule has 0 fully saturated rings. The summed E-state index contributed by atoms with van der Waals surface area (Å²) in [5, 5.41) is 7.28. The molecule has 31 heavy (non-hydrogen) atoms. The first kappa shape index (κ1) is 19.2. The average Bonchev–Trinajstić information content (AvgIpc) is 2.76. The normalized spacial score (nSPS) is 11.8.